The molecule has 0 unspecified atom stereocenters. The molecule has 0 spiro atoms. The summed E-state index contributed by atoms with van der Waals surface area (Å²) in [5, 5.41) is 9.26. The van der Waals surface area contributed by atoms with Gasteiger partial charge in [-0.25, -0.2) is 0 Å². The molecule has 5 nitrogen and oxygen atoms in total. The van der Waals surface area contributed by atoms with Crippen molar-refractivity contribution >= 4 is 24.3 Å². The number of hydrogen-bond acceptors (Lipinski definition) is 4. The molecule has 4 atom stereocenters. The van der Waals surface area contributed by atoms with Crippen LogP contribution in [0.2, 0.25) is 0 Å². The third-order valence-corrected chi connectivity index (χ3v) is 4.99. The Labute approximate surface area is 141 Å². The maximum Gasteiger partial charge on any atom is 0.324 e. The first-order valence-corrected chi connectivity index (χ1v) is 7.59. The highest BCUT2D eigenvalue weighted by Crippen LogP contribution is 2.61. The van der Waals surface area contributed by atoms with E-state index in [0.29, 0.717) is 12.8 Å². The van der Waals surface area contributed by atoms with Crippen molar-refractivity contribution in [3.05, 3.63) is 34.9 Å². The summed E-state index contributed by atoms with van der Waals surface area (Å²) in [6.45, 7) is 4.22. The Balaban J connectivity index is 0.00000192. The van der Waals surface area contributed by atoms with Crippen LogP contribution in [0, 0.1) is 31.6 Å². The second-order valence-corrected chi connectivity index (χ2v) is 6.70. The number of carboxylic acid groups (broad SMARTS) is 1. The van der Waals surface area contributed by atoms with Gasteiger partial charge in [0.1, 0.15) is 12.1 Å². The highest BCUT2D eigenvalue weighted by atomic mass is 35.5. The van der Waals surface area contributed by atoms with E-state index < -0.39 is 11.5 Å². The van der Waals surface area contributed by atoms with Crippen molar-refractivity contribution in [2.75, 3.05) is 0 Å². The van der Waals surface area contributed by atoms with Crippen LogP contribution in [-0.2, 0) is 20.9 Å². The molecule has 1 aromatic rings. The van der Waals surface area contributed by atoms with E-state index in [2.05, 4.69) is 6.07 Å². The minimum Gasteiger partial charge on any atom is -0.480 e. The van der Waals surface area contributed by atoms with Crippen molar-refractivity contribution in [2.45, 2.75) is 38.8 Å². The Morgan fingerprint density at radius 1 is 1.30 bits per heavy atom. The second-order valence-electron chi connectivity index (χ2n) is 6.70. The van der Waals surface area contributed by atoms with E-state index in [4.69, 9.17) is 10.5 Å². The Morgan fingerprint density at radius 3 is 2.48 bits per heavy atom. The Morgan fingerprint density at radius 2 is 1.91 bits per heavy atom. The van der Waals surface area contributed by atoms with Crippen LogP contribution in [0.15, 0.2) is 18.2 Å². The van der Waals surface area contributed by atoms with E-state index in [1.54, 1.807) is 0 Å². The Hall–Kier alpha value is -1.59. The first kappa shape index (κ1) is 17.8. The third kappa shape index (κ3) is 3.08. The molecule has 0 aromatic heterocycles. The SMILES string of the molecule is Cc1cc(C)cc(COC(=O)[C@@H]2[C@@H]3CC[C@@](N)(C(=O)O)[C@@H]32)c1.Cl. The van der Waals surface area contributed by atoms with Gasteiger partial charge >= 0.3 is 11.9 Å². The minimum absolute atomic E-state index is 0. The van der Waals surface area contributed by atoms with Gasteiger partial charge in [0.15, 0.2) is 0 Å². The summed E-state index contributed by atoms with van der Waals surface area (Å²) in [5.41, 5.74) is 7.90. The van der Waals surface area contributed by atoms with Gasteiger partial charge in [0.2, 0.25) is 0 Å². The molecule has 0 radical (unpaired) electrons. The largest absolute Gasteiger partial charge is 0.480 e. The molecule has 2 aliphatic rings. The van der Waals surface area contributed by atoms with Crippen molar-refractivity contribution < 1.29 is 19.4 Å². The van der Waals surface area contributed by atoms with Crippen LogP contribution in [-0.4, -0.2) is 22.6 Å². The third-order valence-electron chi connectivity index (χ3n) is 4.99. The van der Waals surface area contributed by atoms with E-state index >= 15 is 0 Å². The van der Waals surface area contributed by atoms with Crippen molar-refractivity contribution in [1.82, 2.24) is 0 Å². The first-order valence-electron chi connectivity index (χ1n) is 7.59. The number of fused-ring (bicyclic) bond motifs is 1. The van der Waals surface area contributed by atoms with Crippen molar-refractivity contribution in [2.24, 2.45) is 23.5 Å². The highest BCUT2D eigenvalue weighted by molar-refractivity contribution is 5.86. The molecule has 6 heteroatoms. The number of aryl methyl sites for hydroxylation is 2. The fourth-order valence-corrected chi connectivity index (χ4v) is 3.98. The number of carbonyl (C=O) groups excluding carboxylic acids is 1. The minimum atomic E-state index is -1.26. The van der Waals surface area contributed by atoms with Gasteiger partial charge in [0.05, 0.1) is 5.92 Å². The quantitative estimate of drug-likeness (QED) is 0.821. The van der Waals surface area contributed by atoms with Gasteiger partial charge in [-0.3, -0.25) is 9.59 Å². The predicted molar refractivity (Wildman–Crippen MR) is 87.2 cm³/mol. The lowest BCUT2D eigenvalue weighted by Crippen LogP contribution is -2.49. The van der Waals surface area contributed by atoms with E-state index in [9.17, 15) is 14.7 Å². The number of carbonyl (C=O) groups is 2. The van der Waals surface area contributed by atoms with E-state index in [1.807, 2.05) is 26.0 Å². The molecule has 0 heterocycles. The standard InChI is InChI=1S/C17H21NO4.ClH/c1-9-5-10(2)7-11(6-9)8-22-15(19)13-12-3-4-17(18,14(12)13)16(20)21;/h5-7,12-14H,3-4,8,18H2,1-2H3,(H,20,21);1H/t12-,13+,14-,17-;/m0./s1. The zero-order chi connectivity index (χ0) is 16.1. The van der Waals surface area contributed by atoms with Crippen LogP contribution in [0.3, 0.4) is 0 Å². The average molecular weight is 340 g/mol. The van der Waals surface area contributed by atoms with Crippen molar-refractivity contribution in [1.29, 1.82) is 0 Å². The van der Waals surface area contributed by atoms with Gasteiger partial charge < -0.3 is 15.6 Å². The summed E-state index contributed by atoms with van der Waals surface area (Å²) in [6, 6.07) is 6.03. The number of hydrogen-bond donors (Lipinski definition) is 2. The van der Waals surface area contributed by atoms with E-state index in [0.717, 1.165) is 16.7 Å². The monoisotopic (exact) mass is 339 g/mol. The zero-order valence-electron chi connectivity index (χ0n) is 13.2. The van der Waals surface area contributed by atoms with Crippen LogP contribution < -0.4 is 5.73 Å². The van der Waals surface area contributed by atoms with E-state index in [-0.39, 0.29) is 42.7 Å². The lowest BCUT2D eigenvalue weighted by atomic mass is 9.92. The van der Waals surface area contributed by atoms with Crippen LogP contribution in [0.25, 0.3) is 0 Å². The molecule has 0 amide bonds. The zero-order valence-corrected chi connectivity index (χ0v) is 14.1. The molecule has 2 fully saturated rings. The topological polar surface area (TPSA) is 89.6 Å². The van der Waals surface area contributed by atoms with E-state index in [1.165, 1.54) is 0 Å². The molecular formula is C17H22ClNO4. The fraction of sp³-hybridized carbons (Fsp3) is 0.529. The number of halogens is 1. The number of rotatable bonds is 4. The van der Waals surface area contributed by atoms with Gasteiger partial charge in [0.25, 0.3) is 0 Å². The molecule has 3 N–H and O–H groups in total. The number of nitrogens with two attached hydrogens (primary N) is 1. The summed E-state index contributed by atoms with van der Waals surface area (Å²) in [6.07, 6.45) is 1.13. The summed E-state index contributed by atoms with van der Waals surface area (Å²) < 4.78 is 5.38. The summed E-state index contributed by atoms with van der Waals surface area (Å²) in [4.78, 5) is 23.5. The lowest BCUT2D eigenvalue weighted by Gasteiger charge is -2.21. The molecule has 23 heavy (non-hydrogen) atoms. The van der Waals surface area contributed by atoms with Gasteiger partial charge in [0, 0.05) is 5.92 Å². The molecule has 2 saturated carbocycles. The summed E-state index contributed by atoms with van der Waals surface area (Å²) in [7, 11) is 0. The maximum atomic E-state index is 12.2. The summed E-state index contributed by atoms with van der Waals surface area (Å²) in [5.74, 6) is -1.86. The number of benzene rings is 1. The van der Waals surface area contributed by atoms with Gasteiger partial charge in [-0.05, 0) is 38.2 Å². The molecule has 0 saturated heterocycles. The molecule has 3 rings (SSSR count). The lowest BCUT2D eigenvalue weighted by molar-refractivity contribution is -0.149. The second kappa shape index (κ2) is 6.13. The normalized spacial score (nSPS) is 31.0. The molecule has 126 valence electrons. The molecule has 0 bridgehead atoms. The molecule has 0 aliphatic heterocycles. The predicted octanol–water partition coefficient (Wildman–Crippen LogP) is 2.21. The van der Waals surface area contributed by atoms with Crippen LogP contribution in [0.4, 0.5) is 0 Å². The van der Waals surface area contributed by atoms with Crippen molar-refractivity contribution in [3.8, 4) is 0 Å². The van der Waals surface area contributed by atoms with Gasteiger partial charge in [-0.1, -0.05) is 29.3 Å². The molecule has 1 aromatic carbocycles. The van der Waals surface area contributed by atoms with Gasteiger partial charge in [-0.15, -0.1) is 12.4 Å². The van der Waals surface area contributed by atoms with Crippen molar-refractivity contribution in [3.63, 3.8) is 0 Å². The number of carboxylic acids is 1. The smallest absolute Gasteiger partial charge is 0.324 e. The Bertz CT molecular complexity index is 627. The average Bonchev–Trinajstić information content (AvgIpc) is 3.06. The highest BCUT2D eigenvalue weighted by Gasteiger charge is 2.70. The van der Waals surface area contributed by atoms with Crippen LogP contribution in [0.5, 0.6) is 0 Å². The number of ether oxygens (including phenoxy) is 1. The fourth-order valence-electron chi connectivity index (χ4n) is 3.98. The molecular weight excluding hydrogens is 318 g/mol. The first-order chi connectivity index (χ1) is 10.3. The number of esters is 1. The Kier molecular flexibility index (Phi) is 4.74. The molecule has 2 aliphatic carbocycles. The number of aliphatic carboxylic acids is 1. The van der Waals surface area contributed by atoms with Crippen LogP contribution in [0.1, 0.15) is 29.5 Å². The van der Waals surface area contributed by atoms with Crippen LogP contribution >= 0.6 is 12.4 Å². The maximum absolute atomic E-state index is 12.2. The van der Waals surface area contributed by atoms with Gasteiger partial charge in [-0.2, -0.15) is 0 Å². The summed E-state index contributed by atoms with van der Waals surface area (Å²) >= 11 is 0.